The topological polar surface area (TPSA) is 34.9 Å². The van der Waals surface area contributed by atoms with Crippen LogP contribution >= 0.6 is 11.8 Å². The number of aromatic nitrogens is 2. The lowest BCUT2D eigenvalue weighted by Gasteiger charge is -2.06. The maximum Gasteiger partial charge on any atom is 0.279 e. The predicted octanol–water partition coefficient (Wildman–Crippen LogP) is 5.39. The summed E-state index contributed by atoms with van der Waals surface area (Å²) in [6, 6.07) is 31.1. The van der Waals surface area contributed by atoms with E-state index in [0.717, 1.165) is 21.2 Å². The number of nitrogens with zero attached hydrogens (tertiary/aromatic N) is 2. The SMILES string of the molecule is O=C(c1ccccc1)n1nc(-c2ccccc2)cc1Sc1ccccc1. The van der Waals surface area contributed by atoms with Crippen LogP contribution in [0, 0.1) is 0 Å². The van der Waals surface area contributed by atoms with Crippen LogP contribution in [0.15, 0.2) is 107 Å². The van der Waals surface area contributed by atoms with E-state index < -0.39 is 0 Å². The van der Waals surface area contributed by atoms with Crippen LogP contribution in [0.3, 0.4) is 0 Å². The first-order valence-electron chi connectivity index (χ1n) is 8.29. The lowest BCUT2D eigenvalue weighted by atomic mass is 10.2. The lowest BCUT2D eigenvalue weighted by Crippen LogP contribution is -2.14. The minimum absolute atomic E-state index is 0.133. The smallest absolute Gasteiger partial charge is 0.267 e. The largest absolute Gasteiger partial charge is 0.279 e. The van der Waals surface area contributed by atoms with Crippen LogP contribution in [0.2, 0.25) is 0 Å². The highest BCUT2D eigenvalue weighted by Crippen LogP contribution is 2.31. The molecule has 1 heterocycles. The van der Waals surface area contributed by atoms with Crippen molar-refractivity contribution in [1.29, 1.82) is 0 Å². The molecule has 0 aliphatic carbocycles. The van der Waals surface area contributed by atoms with Crippen molar-refractivity contribution in [2.45, 2.75) is 9.92 Å². The molecule has 4 heteroatoms. The van der Waals surface area contributed by atoms with Crippen molar-refractivity contribution in [2.24, 2.45) is 0 Å². The summed E-state index contributed by atoms with van der Waals surface area (Å²) in [7, 11) is 0. The fourth-order valence-corrected chi connectivity index (χ4v) is 3.56. The molecule has 0 atom stereocenters. The molecule has 3 aromatic carbocycles. The Balaban J connectivity index is 1.77. The highest BCUT2D eigenvalue weighted by molar-refractivity contribution is 7.99. The van der Waals surface area contributed by atoms with E-state index in [-0.39, 0.29) is 5.91 Å². The second kappa shape index (κ2) is 7.42. The molecule has 1 aromatic heterocycles. The van der Waals surface area contributed by atoms with E-state index in [4.69, 9.17) is 0 Å². The van der Waals surface area contributed by atoms with Gasteiger partial charge < -0.3 is 0 Å². The van der Waals surface area contributed by atoms with E-state index in [2.05, 4.69) is 5.10 Å². The molecule has 0 spiro atoms. The van der Waals surface area contributed by atoms with Gasteiger partial charge in [-0.3, -0.25) is 4.79 Å². The summed E-state index contributed by atoms with van der Waals surface area (Å²) in [5.41, 5.74) is 2.39. The summed E-state index contributed by atoms with van der Waals surface area (Å²) in [6.45, 7) is 0. The van der Waals surface area contributed by atoms with Crippen LogP contribution in [0.1, 0.15) is 10.4 Å². The fourth-order valence-electron chi connectivity index (χ4n) is 2.64. The molecule has 3 nitrogen and oxygen atoms in total. The van der Waals surface area contributed by atoms with Gasteiger partial charge in [0.25, 0.3) is 5.91 Å². The van der Waals surface area contributed by atoms with E-state index in [1.165, 1.54) is 16.4 Å². The van der Waals surface area contributed by atoms with E-state index in [1.54, 1.807) is 0 Å². The fraction of sp³-hybridized carbons (Fsp3) is 0. The summed E-state index contributed by atoms with van der Waals surface area (Å²) in [4.78, 5) is 14.1. The van der Waals surface area contributed by atoms with Crippen LogP contribution in [-0.4, -0.2) is 15.7 Å². The number of hydrogen-bond donors (Lipinski definition) is 0. The Bertz CT molecular complexity index is 1010. The lowest BCUT2D eigenvalue weighted by molar-refractivity contribution is 0.0935. The van der Waals surface area contributed by atoms with Crippen molar-refractivity contribution in [3.05, 3.63) is 103 Å². The zero-order chi connectivity index (χ0) is 17.8. The van der Waals surface area contributed by atoms with Crippen molar-refractivity contribution in [3.63, 3.8) is 0 Å². The molecule has 0 radical (unpaired) electrons. The van der Waals surface area contributed by atoms with Gasteiger partial charge in [0, 0.05) is 16.0 Å². The maximum atomic E-state index is 13.0. The van der Waals surface area contributed by atoms with E-state index >= 15 is 0 Å². The Kier molecular flexibility index (Phi) is 4.67. The van der Waals surface area contributed by atoms with Gasteiger partial charge in [-0.1, -0.05) is 78.5 Å². The molecule has 26 heavy (non-hydrogen) atoms. The molecule has 0 fully saturated rings. The number of benzene rings is 3. The van der Waals surface area contributed by atoms with Gasteiger partial charge in [-0.05, 0) is 30.3 Å². The molecule has 0 saturated heterocycles. The second-order valence-corrected chi connectivity index (χ2v) is 6.83. The van der Waals surface area contributed by atoms with Crippen LogP contribution < -0.4 is 0 Å². The molecule has 4 rings (SSSR count). The summed E-state index contributed by atoms with van der Waals surface area (Å²) in [5.74, 6) is -0.133. The molecule has 0 aliphatic heterocycles. The molecule has 0 saturated carbocycles. The van der Waals surface area contributed by atoms with Crippen molar-refractivity contribution < 1.29 is 4.79 Å². The molecule has 0 amide bonds. The molecule has 0 N–H and O–H groups in total. The third-order valence-corrected chi connectivity index (χ3v) is 4.93. The number of carbonyl (C=O) groups is 1. The van der Waals surface area contributed by atoms with Gasteiger partial charge in [-0.2, -0.15) is 9.78 Å². The van der Waals surface area contributed by atoms with Crippen LogP contribution in [0.5, 0.6) is 0 Å². The first-order valence-corrected chi connectivity index (χ1v) is 9.11. The Labute approximate surface area is 156 Å². The first-order chi connectivity index (χ1) is 12.8. The van der Waals surface area contributed by atoms with Gasteiger partial charge >= 0.3 is 0 Å². The van der Waals surface area contributed by atoms with Gasteiger partial charge in [0.2, 0.25) is 0 Å². The van der Waals surface area contributed by atoms with Crippen molar-refractivity contribution >= 4 is 17.7 Å². The Hall–Kier alpha value is -3.11. The molecule has 0 aliphatic rings. The van der Waals surface area contributed by atoms with Gasteiger partial charge in [0.1, 0.15) is 5.03 Å². The molecule has 4 aromatic rings. The Morgan fingerprint density at radius 2 is 1.35 bits per heavy atom. The Morgan fingerprint density at radius 1 is 0.769 bits per heavy atom. The monoisotopic (exact) mass is 356 g/mol. The van der Waals surface area contributed by atoms with E-state index in [1.807, 2.05) is 97.1 Å². The third kappa shape index (κ3) is 3.46. The van der Waals surface area contributed by atoms with Gasteiger partial charge in [0.05, 0.1) is 5.69 Å². The quantitative estimate of drug-likeness (QED) is 0.492. The normalized spacial score (nSPS) is 10.6. The number of carbonyl (C=O) groups excluding carboxylic acids is 1. The third-order valence-electron chi connectivity index (χ3n) is 3.92. The number of rotatable bonds is 4. The van der Waals surface area contributed by atoms with Gasteiger partial charge in [0.15, 0.2) is 0 Å². The van der Waals surface area contributed by atoms with Gasteiger partial charge in [-0.25, -0.2) is 0 Å². The van der Waals surface area contributed by atoms with Crippen molar-refractivity contribution in [1.82, 2.24) is 9.78 Å². The zero-order valence-electron chi connectivity index (χ0n) is 13.9. The van der Waals surface area contributed by atoms with Crippen LogP contribution in [-0.2, 0) is 0 Å². The summed E-state index contributed by atoms with van der Waals surface area (Å²) < 4.78 is 1.50. The Morgan fingerprint density at radius 3 is 2.00 bits per heavy atom. The molecule has 0 bridgehead atoms. The minimum atomic E-state index is -0.133. The second-order valence-electron chi connectivity index (χ2n) is 5.73. The van der Waals surface area contributed by atoms with Crippen molar-refractivity contribution in [3.8, 4) is 11.3 Å². The summed E-state index contributed by atoms with van der Waals surface area (Å²) in [6.07, 6.45) is 0. The molecular weight excluding hydrogens is 340 g/mol. The first kappa shape index (κ1) is 16.4. The zero-order valence-corrected chi connectivity index (χ0v) is 14.8. The summed E-state index contributed by atoms with van der Waals surface area (Å²) in [5, 5.41) is 5.39. The summed E-state index contributed by atoms with van der Waals surface area (Å²) >= 11 is 1.53. The van der Waals surface area contributed by atoms with Crippen LogP contribution in [0.4, 0.5) is 0 Å². The minimum Gasteiger partial charge on any atom is -0.267 e. The molecular formula is C22H16N2OS. The maximum absolute atomic E-state index is 13.0. The molecule has 0 unspecified atom stereocenters. The highest BCUT2D eigenvalue weighted by atomic mass is 32.2. The molecule has 126 valence electrons. The average Bonchev–Trinajstić information content (AvgIpc) is 3.13. The predicted molar refractivity (Wildman–Crippen MR) is 104 cm³/mol. The van der Waals surface area contributed by atoms with Crippen LogP contribution in [0.25, 0.3) is 11.3 Å². The average molecular weight is 356 g/mol. The van der Waals surface area contributed by atoms with Gasteiger partial charge in [-0.15, -0.1) is 0 Å². The van der Waals surface area contributed by atoms with E-state index in [0.29, 0.717) is 5.56 Å². The highest BCUT2D eigenvalue weighted by Gasteiger charge is 2.17. The van der Waals surface area contributed by atoms with E-state index in [9.17, 15) is 4.79 Å². The van der Waals surface area contributed by atoms with Crippen molar-refractivity contribution in [2.75, 3.05) is 0 Å². The number of hydrogen-bond acceptors (Lipinski definition) is 3. The standard InChI is InChI=1S/C22H16N2OS/c25-22(18-12-6-2-7-13-18)24-21(26-19-14-8-3-9-15-19)16-20(23-24)17-10-4-1-5-11-17/h1-16H.